The van der Waals surface area contributed by atoms with Crippen molar-refractivity contribution in [3.8, 4) is 5.75 Å². The molecule has 0 saturated carbocycles. The number of hydrogen-bond acceptors (Lipinski definition) is 4. The number of ether oxygens (including phenoxy) is 1. The first kappa shape index (κ1) is 20.1. The molecule has 0 aliphatic rings. The van der Waals surface area contributed by atoms with Gasteiger partial charge in [-0.15, -0.1) is 0 Å². The molecular weight excluding hydrogens is 444 g/mol. The first-order chi connectivity index (χ1) is 14.6. The minimum absolute atomic E-state index is 0.0478. The first-order valence-electron chi connectivity index (χ1n) is 9.61. The largest absolute Gasteiger partial charge is 0.497 e. The average molecular weight is 465 g/mol. The summed E-state index contributed by atoms with van der Waals surface area (Å²) in [7, 11) is 1.65. The number of fused-ring (bicyclic) bond motifs is 1. The van der Waals surface area contributed by atoms with Crippen LogP contribution < -0.4 is 10.1 Å². The van der Waals surface area contributed by atoms with Gasteiger partial charge in [-0.1, -0.05) is 28.1 Å². The predicted octanol–water partition coefficient (Wildman–Crippen LogP) is 4.82. The third kappa shape index (κ3) is 4.68. The molecule has 0 radical (unpaired) electrons. The Hall–Kier alpha value is -3.19. The molecule has 152 valence electrons. The Morgan fingerprint density at radius 2 is 1.87 bits per heavy atom. The summed E-state index contributed by atoms with van der Waals surface area (Å²) in [5.74, 6) is 1.61. The summed E-state index contributed by atoms with van der Waals surface area (Å²) in [5, 5.41) is 2.93. The Balaban J connectivity index is 1.51. The van der Waals surface area contributed by atoms with Crippen LogP contribution in [0.3, 0.4) is 0 Å². The number of pyridine rings is 1. The zero-order valence-corrected chi connectivity index (χ0v) is 18.1. The van der Waals surface area contributed by atoms with Gasteiger partial charge in [0.05, 0.1) is 13.7 Å². The van der Waals surface area contributed by atoms with Gasteiger partial charge in [0, 0.05) is 29.2 Å². The number of rotatable bonds is 7. The second-order valence-electron chi connectivity index (χ2n) is 6.86. The van der Waals surface area contributed by atoms with E-state index in [1.807, 2.05) is 60.7 Å². The molecule has 1 N–H and O–H groups in total. The lowest BCUT2D eigenvalue weighted by Gasteiger charge is -2.10. The van der Waals surface area contributed by atoms with E-state index in [0.29, 0.717) is 19.4 Å². The van der Waals surface area contributed by atoms with E-state index in [1.165, 1.54) is 0 Å². The number of imidazole rings is 1. The molecule has 0 atom stereocenters. The van der Waals surface area contributed by atoms with Crippen LogP contribution in [0.25, 0.3) is 11.2 Å². The Kier molecular flexibility index (Phi) is 6.09. The maximum absolute atomic E-state index is 12.4. The lowest BCUT2D eigenvalue weighted by Crippen LogP contribution is -2.14. The Morgan fingerprint density at radius 3 is 2.60 bits per heavy atom. The van der Waals surface area contributed by atoms with Gasteiger partial charge in [-0.25, -0.2) is 9.97 Å². The number of nitrogens with zero attached hydrogens (tertiary/aromatic N) is 3. The Bertz CT molecular complexity index is 1150. The molecule has 4 aromatic rings. The van der Waals surface area contributed by atoms with Gasteiger partial charge in [0.25, 0.3) is 0 Å². The molecule has 7 heteroatoms. The fraction of sp³-hybridized carbons (Fsp3) is 0.174. The third-order valence-corrected chi connectivity index (χ3v) is 5.31. The van der Waals surface area contributed by atoms with Gasteiger partial charge in [0.1, 0.15) is 17.1 Å². The van der Waals surface area contributed by atoms with Crippen LogP contribution in [0.15, 0.2) is 71.3 Å². The van der Waals surface area contributed by atoms with E-state index >= 15 is 0 Å². The van der Waals surface area contributed by atoms with E-state index in [0.717, 1.165) is 38.5 Å². The summed E-state index contributed by atoms with van der Waals surface area (Å²) in [6, 6.07) is 19.3. The van der Waals surface area contributed by atoms with Crippen LogP contribution in [0, 0.1) is 0 Å². The van der Waals surface area contributed by atoms with Gasteiger partial charge in [-0.05, 0) is 54.1 Å². The smallest absolute Gasteiger partial charge is 0.224 e. The summed E-state index contributed by atoms with van der Waals surface area (Å²) in [6.45, 7) is 0.626. The lowest BCUT2D eigenvalue weighted by atomic mass is 10.2. The van der Waals surface area contributed by atoms with E-state index < -0.39 is 0 Å². The van der Waals surface area contributed by atoms with E-state index in [9.17, 15) is 4.79 Å². The van der Waals surface area contributed by atoms with Crippen molar-refractivity contribution >= 4 is 38.7 Å². The fourth-order valence-electron chi connectivity index (χ4n) is 3.26. The highest BCUT2D eigenvalue weighted by Gasteiger charge is 2.14. The number of hydrogen-bond donors (Lipinski definition) is 1. The van der Waals surface area contributed by atoms with Gasteiger partial charge >= 0.3 is 0 Å². The van der Waals surface area contributed by atoms with Crippen LogP contribution in [0.1, 0.15) is 17.8 Å². The molecule has 30 heavy (non-hydrogen) atoms. The molecule has 0 fully saturated rings. The molecule has 2 heterocycles. The van der Waals surface area contributed by atoms with E-state index in [-0.39, 0.29) is 5.91 Å². The number of anilines is 1. The van der Waals surface area contributed by atoms with Crippen LogP contribution in [0.5, 0.6) is 5.75 Å². The summed E-state index contributed by atoms with van der Waals surface area (Å²) in [4.78, 5) is 21.7. The molecule has 2 aromatic carbocycles. The van der Waals surface area contributed by atoms with Crippen LogP contribution in [0.4, 0.5) is 5.69 Å². The highest BCUT2D eigenvalue weighted by molar-refractivity contribution is 9.10. The molecule has 0 saturated heterocycles. The minimum Gasteiger partial charge on any atom is -0.497 e. The molecule has 0 aliphatic carbocycles. The SMILES string of the molecule is COc1ccc(Cn2c(CCC(=O)Nc3ccc(Br)cc3)nc3cccnc32)cc1. The average Bonchev–Trinajstić information content (AvgIpc) is 3.12. The number of aryl methyl sites for hydroxylation is 1. The molecule has 6 nitrogen and oxygen atoms in total. The number of carbonyl (C=O) groups is 1. The standard InChI is InChI=1S/C23H21BrN4O2/c1-30-19-10-4-16(5-11-19)15-28-21(27-20-3-2-14-25-23(20)28)12-13-22(29)26-18-8-6-17(24)7-9-18/h2-11,14H,12-13,15H2,1H3,(H,26,29). The van der Waals surface area contributed by atoms with Gasteiger partial charge < -0.3 is 14.6 Å². The molecule has 0 aliphatic heterocycles. The summed E-state index contributed by atoms with van der Waals surface area (Å²) < 4.78 is 8.29. The molecule has 1 amide bonds. The number of halogens is 1. The van der Waals surface area contributed by atoms with E-state index in [2.05, 4.69) is 30.8 Å². The number of amides is 1. The lowest BCUT2D eigenvalue weighted by molar-refractivity contribution is -0.116. The second kappa shape index (κ2) is 9.09. The van der Waals surface area contributed by atoms with Crippen molar-refractivity contribution in [3.05, 3.63) is 82.7 Å². The number of carbonyl (C=O) groups excluding carboxylic acids is 1. The maximum Gasteiger partial charge on any atom is 0.224 e. The van der Waals surface area contributed by atoms with E-state index in [4.69, 9.17) is 9.72 Å². The molecule has 0 spiro atoms. The number of nitrogens with one attached hydrogen (secondary N) is 1. The minimum atomic E-state index is -0.0478. The van der Waals surface area contributed by atoms with Crippen molar-refractivity contribution in [1.29, 1.82) is 0 Å². The van der Waals surface area contributed by atoms with Crippen molar-refractivity contribution in [2.45, 2.75) is 19.4 Å². The zero-order valence-electron chi connectivity index (χ0n) is 16.5. The van der Waals surface area contributed by atoms with Gasteiger partial charge in [0.2, 0.25) is 5.91 Å². The highest BCUT2D eigenvalue weighted by Crippen LogP contribution is 2.19. The van der Waals surface area contributed by atoms with Crippen LogP contribution in [-0.2, 0) is 17.8 Å². The first-order valence-corrected chi connectivity index (χ1v) is 10.4. The fourth-order valence-corrected chi connectivity index (χ4v) is 3.52. The molecule has 0 unspecified atom stereocenters. The summed E-state index contributed by atoms with van der Waals surface area (Å²) >= 11 is 3.40. The molecule has 2 aromatic heterocycles. The van der Waals surface area contributed by atoms with Crippen molar-refractivity contribution < 1.29 is 9.53 Å². The maximum atomic E-state index is 12.4. The number of methoxy groups -OCH3 is 1. The quantitative estimate of drug-likeness (QED) is 0.425. The molecular formula is C23H21BrN4O2. The number of benzene rings is 2. The van der Waals surface area contributed by atoms with Gasteiger partial charge in [-0.3, -0.25) is 4.79 Å². The zero-order chi connectivity index (χ0) is 20.9. The van der Waals surface area contributed by atoms with Crippen molar-refractivity contribution in [2.75, 3.05) is 12.4 Å². The summed E-state index contributed by atoms with van der Waals surface area (Å²) in [5.41, 5.74) is 3.53. The monoisotopic (exact) mass is 464 g/mol. The third-order valence-electron chi connectivity index (χ3n) is 4.79. The van der Waals surface area contributed by atoms with Crippen molar-refractivity contribution in [3.63, 3.8) is 0 Å². The van der Waals surface area contributed by atoms with Crippen molar-refractivity contribution in [2.24, 2.45) is 0 Å². The topological polar surface area (TPSA) is 69.0 Å². The summed E-state index contributed by atoms with van der Waals surface area (Å²) in [6.07, 6.45) is 2.62. The van der Waals surface area contributed by atoms with Crippen molar-refractivity contribution in [1.82, 2.24) is 14.5 Å². The normalized spacial score (nSPS) is 10.9. The second-order valence-corrected chi connectivity index (χ2v) is 7.78. The highest BCUT2D eigenvalue weighted by atomic mass is 79.9. The van der Waals surface area contributed by atoms with Crippen LogP contribution in [-0.4, -0.2) is 27.6 Å². The number of aromatic nitrogens is 3. The van der Waals surface area contributed by atoms with Crippen LogP contribution >= 0.6 is 15.9 Å². The van der Waals surface area contributed by atoms with Gasteiger partial charge in [-0.2, -0.15) is 0 Å². The Morgan fingerprint density at radius 1 is 1.10 bits per heavy atom. The van der Waals surface area contributed by atoms with E-state index in [1.54, 1.807) is 13.3 Å². The molecule has 4 rings (SSSR count). The van der Waals surface area contributed by atoms with Crippen LogP contribution in [0.2, 0.25) is 0 Å². The predicted molar refractivity (Wildman–Crippen MR) is 121 cm³/mol. The van der Waals surface area contributed by atoms with Gasteiger partial charge in [0.15, 0.2) is 5.65 Å². The molecule has 0 bridgehead atoms. The Labute approximate surface area is 183 Å².